The predicted octanol–water partition coefficient (Wildman–Crippen LogP) is 6.78. The highest BCUT2D eigenvalue weighted by atomic mass is 19.1. The van der Waals surface area contributed by atoms with E-state index in [4.69, 9.17) is 9.47 Å². The van der Waals surface area contributed by atoms with Crippen molar-refractivity contribution in [2.45, 2.75) is 44.6 Å². The number of aliphatic carboxylic acids is 1. The maximum Gasteiger partial charge on any atom is 0.306 e. The van der Waals surface area contributed by atoms with Crippen LogP contribution in [0, 0.1) is 17.7 Å². The summed E-state index contributed by atoms with van der Waals surface area (Å²) in [7, 11) is 1.58. The molecule has 5 heteroatoms. The number of methoxy groups -OCH3 is 1. The molecule has 176 valence electrons. The molecule has 4 nitrogen and oxygen atoms in total. The summed E-state index contributed by atoms with van der Waals surface area (Å²) >= 11 is 0. The minimum atomic E-state index is -0.754. The normalized spacial score (nSPS) is 18.7. The molecule has 0 heterocycles. The van der Waals surface area contributed by atoms with Gasteiger partial charge in [-0.15, -0.1) is 0 Å². The molecule has 0 radical (unpaired) electrons. The molecule has 3 atom stereocenters. The summed E-state index contributed by atoms with van der Waals surface area (Å²) in [4.78, 5) is 11.7. The molecule has 1 N–H and O–H groups in total. The summed E-state index contributed by atoms with van der Waals surface area (Å²) < 4.78 is 26.1. The van der Waals surface area contributed by atoms with E-state index < -0.39 is 11.9 Å². The number of benzene rings is 3. The Balaban J connectivity index is 1.37. The molecule has 0 unspecified atom stereocenters. The van der Waals surface area contributed by atoms with Gasteiger partial charge in [-0.1, -0.05) is 37.3 Å². The molecular weight excluding hydrogens is 431 g/mol. The molecule has 1 fully saturated rings. The van der Waals surface area contributed by atoms with E-state index in [-0.39, 0.29) is 17.8 Å². The van der Waals surface area contributed by atoms with E-state index in [2.05, 4.69) is 0 Å². The first kappa shape index (κ1) is 22.5. The lowest BCUT2D eigenvalue weighted by atomic mass is 9.83. The zero-order chi connectivity index (χ0) is 23.8. The number of ether oxygens (including phenoxy) is 2. The Kier molecular flexibility index (Phi) is 6.03. The molecule has 3 aromatic rings. The van der Waals surface area contributed by atoms with Crippen molar-refractivity contribution < 1.29 is 23.8 Å². The number of rotatable bonds is 8. The van der Waals surface area contributed by atoms with Crippen LogP contribution in [0.3, 0.4) is 0 Å². The molecule has 0 aromatic heterocycles. The van der Waals surface area contributed by atoms with Crippen LogP contribution in [0.15, 0.2) is 60.7 Å². The summed E-state index contributed by atoms with van der Waals surface area (Å²) in [5.41, 5.74) is 4.67. The van der Waals surface area contributed by atoms with Crippen LogP contribution in [0.1, 0.15) is 54.9 Å². The van der Waals surface area contributed by atoms with Gasteiger partial charge in [-0.05, 0) is 90.1 Å². The Morgan fingerprint density at radius 3 is 2.59 bits per heavy atom. The molecule has 0 bridgehead atoms. The summed E-state index contributed by atoms with van der Waals surface area (Å²) in [5, 5.41) is 9.59. The van der Waals surface area contributed by atoms with Gasteiger partial charge in [0.2, 0.25) is 0 Å². The lowest BCUT2D eigenvalue weighted by Crippen LogP contribution is -2.20. The van der Waals surface area contributed by atoms with Gasteiger partial charge in [-0.25, -0.2) is 4.39 Å². The lowest BCUT2D eigenvalue weighted by Gasteiger charge is -2.22. The minimum absolute atomic E-state index is 0.0113. The van der Waals surface area contributed by atoms with Gasteiger partial charge in [0.05, 0.1) is 13.0 Å². The van der Waals surface area contributed by atoms with Crippen LogP contribution in [0.5, 0.6) is 11.5 Å². The van der Waals surface area contributed by atoms with E-state index in [1.807, 2.05) is 42.5 Å². The fourth-order valence-corrected chi connectivity index (χ4v) is 5.26. The molecule has 1 saturated carbocycles. The smallest absolute Gasteiger partial charge is 0.306 e. The van der Waals surface area contributed by atoms with Gasteiger partial charge in [0.1, 0.15) is 23.4 Å². The highest BCUT2D eigenvalue weighted by Gasteiger charge is 2.38. The van der Waals surface area contributed by atoms with E-state index in [1.54, 1.807) is 26.2 Å². The SMILES string of the molecule is COc1ccc(F)c(-c2ccc3c(c2)CC[C@H]3Oc2cccc([C@H](C3CC3)[C@@H](C)C(=O)O)c2)c1. The zero-order valence-electron chi connectivity index (χ0n) is 19.5. The second kappa shape index (κ2) is 9.13. The summed E-state index contributed by atoms with van der Waals surface area (Å²) in [5.74, 6) is 0.383. The highest BCUT2D eigenvalue weighted by molar-refractivity contribution is 5.71. The number of carbonyl (C=O) groups is 1. The third-order valence-corrected chi connectivity index (χ3v) is 7.23. The van der Waals surface area contributed by atoms with Crippen molar-refractivity contribution in [2.24, 2.45) is 11.8 Å². The summed E-state index contributed by atoms with van der Waals surface area (Å²) in [6, 6.07) is 18.7. The number of halogens is 1. The van der Waals surface area contributed by atoms with Crippen molar-refractivity contribution in [3.8, 4) is 22.6 Å². The molecule has 2 aliphatic carbocycles. The fourth-order valence-electron chi connectivity index (χ4n) is 5.26. The largest absolute Gasteiger partial charge is 0.497 e. The quantitative estimate of drug-likeness (QED) is 0.402. The maximum atomic E-state index is 14.5. The Labute approximate surface area is 199 Å². The topological polar surface area (TPSA) is 55.8 Å². The predicted molar refractivity (Wildman–Crippen MR) is 129 cm³/mol. The molecule has 0 saturated heterocycles. The van der Waals surface area contributed by atoms with Crippen molar-refractivity contribution in [3.63, 3.8) is 0 Å². The third kappa shape index (κ3) is 4.39. The molecular formula is C29H29FO4. The van der Waals surface area contributed by atoms with Gasteiger partial charge < -0.3 is 14.6 Å². The van der Waals surface area contributed by atoms with Crippen molar-refractivity contribution in [1.29, 1.82) is 0 Å². The fraction of sp³-hybridized carbons (Fsp3) is 0.345. The number of carboxylic acid groups (broad SMARTS) is 1. The third-order valence-electron chi connectivity index (χ3n) is 7.23. The van der Waals surface area contributed by atoms with Crippen molar-refractivity contribution in [3.05, 3.63) is 83.2 Å². The van der Waals surface area contributed by atoms with Crippen molar-refractivity contribution >= 4 is 5.97 Å². The summed E-state index contributed by atoms with van der Waals surface area (Å²) in [6.07, 6.45) is 3.80. The molecule has 2 aliphatic rings. The standard InChI is InChI=1S/C29H29FO4/c1-17(29(31)32)28(18-6-7-18)21-4-3-5-23(15-21)34-27-13-9-19-14-20(8-11-24(19)27)25-16-22(33-2)10-12-26(25)30/h3-5,8,10-12,14-18,27-28H,6-7,9,13H2,1-2H3,(H,31,32)/t17-,27-,28+/m1/s1. The molecule has 0 aliphatic heterocycles. The Hall–Kier alpha value is -3.34. The van der Waals surface area contributed by atoms with E-state index >= 15 is 0 Å². The monoisotopic (exact) mass is 460 g/mol. The maximum absolute atomic E-state index is 14.5. The number of hydrogen-bond donors (Lipinski definition) is 1. The first-order valence-corrected chi connectivity index (χ1v) is 11.9. The van der Waals surface area contributed by atoms with Crippen LogP contribution < -0.4 is 9.47 Å². The van der Waals surface area contributed by atoms with Gasteiger partial charge in [-0.3, -0.25) is 4.79 Å². The number of aryl methyl sites for hydroxylation is 1. The van der Waals surface area contributed by atoms with Gasteiger partial charge in [-0.2, -0.15) is 0 Å². The molecule has 5 rings (SSSR count). The minimum Gasteiger partial charge on any atom is -0.497 e. The van der Waals surface area contributed by atoms with E-state index in [9.17, 15) is 14.3 Å². The average Bonchev–Trinajstić information content (AvgIpc) is 3.60. The van der Waals surface area contributed by atoms with E-state index in [0.29, 0.717) is 17.2 Å². The van der Waals surface area contributed by atoms with E-state index in [0.717, 1.165) is 53.7 Å². The Morgan fingerprint density at radius 2 is 1.85 bits per heavy atom. The first-order valence-electron chi connectivity index (χ1n) is 11.9. The van der Waals surface area contributed by atoms with Gasteiger partial charge in [0.25, 0.3) is 0 Å². The van der Waals surface area contributed by atoms with Crippen LogP contribution in [0.25, 0.3) is 11.1 Å². The number of fused-ring (bicyclic) bond motifs is 1. The van der Waals surface area contributed by atoms with Gasteiger partial charge >= 0.3 is 5.97 Å². The Morgan fingerprint density at radius 1 is 1.03 bits per heavy atom. The number of hydrogen-bond acceptors (Lipinski definition) is 3. The van der Waals surface area contributed by atoms with Crippen molar-refractivity contribution in [1.82, 2.24) is 0 Å². The van der Waals surface area contributed by atoms with Crippen LogP contribution in [-0.2, 0) is 11.2 Å². The zero-order valence-corrected chi connectivity index (χ0v) is 19.5. The Bertz CT molecular complexity index is 1220. The van der Waals surface area contributed by atoms with Crippen LogP contribution >= 0.6 is 0 Å². The van der Waals surface area contributed by atoms with Crippen molar-refractivity contribution in [2.75, 3.05) is 7.11 Å². The van der Waals surface area contributed by atoms with Crippen LogP contribution in [0.4, 0.5) is 4.39 Å². The first-order chi connectivity index (χ1) is 16.4. The molecule has 0 spiro atoms. The second-order valence-electron chi connectivity index (χ2n) is 9.47. The lowest BCUT2D eigenvalue weighted by molar-refractivity contribution is -0.142. The van der Waals surface area contributed by atoms with Gasteiger partial charge in [0, 0.05) is 5.56 Å². The number of carboxylic acids is 1. The summed E-state index contributed by atoms with van der Waals surface area (Å²) in [6.45, 7) is 1.80. The molecule has 0 amide bonds. The van der Waals surface area contributed by atoms with E-state index in [1.165, 1.54) is 6.07 Å². The van der Waals surface area contributed by atoms with Crippen LogP contribution in [-0.4, -0.2) is 18.2 Å². The van der Waals surface area contributed by atoms with Crippen LogP contribution in [0.2, 0.25) is 0 Å². The highest BCUT2D eigenvalue weighted by Crippen LogP contribution is 2.47. The van der Waals surface area contributed by atoms with Gasteiger partial charge in [0.15, 0.2) is 0 Å². The second-order valence-corrected chi connectivity index (χ2v) is 9.47. The molecule has 3 aromatic carbocycles. The molecule has 34 heavy (non-hydrogen) atoms. The average molecular weight is 461 g/mol.